The first-order chi connectivity index (χ1) is 9.10. The smallest absolute Gasteiger partial charge is 0.354 e. The van der Waals surface area contributed by atoms with Gasteiger partial charge in [0, 0.05) is 17.5 Å². The number of halogens is 1. The van der Waals surface area contributed by atoms with Crippen molar-refractivity contribution in [3.63, 3.8) is 0 Å². The first kappa shape index (κ1) is 13.6. The molecule has 1 aromatic carbocycles. The molecule has 0 aliphatic carbocycles. The van der Waals surface area contributed by atoms with Crippen molar-refractivity contribution in [3.05, 3.63) is 46.6 Å². The highest BCUT2D eigenvalue weighted by Gasteiger charge is 2.25. The predicted molar refractivity (Wildman–Crippen MR) is 71.7 cm³/mol. The molecule has 0 amide bonds. The molecule has 1 aliphatic rings. The Labute approximate surface area is 116 Å². The molecule has 100 valence electrons. The van der Waals surface area contributed by atoms with Crippen LogP contribution in [0.3, 0.4) is 0 Å². The molecule has 1 heterocycles. The molecule has 0 aromatic heterocycles. The van der Waals surface area contributed by atoms with E-state index in [1.807, 2.05) is 12.1 Å². The molecule has 1 atom stereocenters. The van der Waals surface area contributed by atoms with Gasteiger partial charge in [0.05, 0.1) is 12.6 Å². The molecule has 2 rings (SSSR count). The van der Waals surface area contributed by atoms with Crippen LogP contribution in [0.15, 0.2) is 36.0 Å². The van der Waals surface area contributed by atoms with Crippen molar-refractivity contribution >= 4 is 23.4 Å². The zero-order valence-electron chi connectivity index (χ0n) is 10.5. The minimum atomic E-state index is -0.505. The summed E-state index contributed by atoms with van der Waals surface area (Å²) in [6, 6.07) is 6.95. The average molecular weight is 280 g/mol. The number of carbonyl (C=O) groups excluding carboxylic acids is 2. The van der Waals surface area contributed by atoms with E-state index in [-0.39, 0.29) is 24.1 Å². The van der Waals surface area contributed by atoms with E-state index in [0.717, 1.165) is 5.56 Å². The Hall–Kier alpha value is -1.81. The van der Waals surface area contributed by atoms with E-state index < -0.39 is 5.97 Å². The van der Waals surface area contributed by atoms with E-state index in [1.54, 1.807) is 19.1 Å². The topological polar surface area (TPSA) is 55.4 Å². The van der Waals surface area contributed by atoms with Gasteiger partial charge in [0.25, 0.3) is 0 Å². The number of rotatable bonds is 3. The number of carbonyl (C=O) groups is 2. The number of allylic oxidation sites excluding steroid dienone is 1. The minimum Gasteiger partial charge on any atom is -0.461 e. The number of ether oxygens (including phenoxy) is 1. The monoisotopic (exact) mass is 279 g/mol. The van der Waals surface area contributed by atoms with Crippen LogP contribution in [0, 0.1) is 0 Å². The van der Waals surface area contributed by atoms with Crippen molar-refractivity contribution in [2.75, 3.05) is 6.61 Å². The van der Waals surface area contributed by atoms with Crippen LogP contribution in [0.25, 0.3) is 0 Å². The molecule has 5 heteroatoms. The number of hydrogen-bond acceptors (Lipinski definition) is 4. The molecule has 4 nitrogen and oxygen atoms in total. The normalized spacial score (nSPS) is 18.5. The number of hydrogen-bond donors (Lipinski definition) is 1. The Morgan fingerprint density at radius 2 is 2.11 bits per heavy atom. The van der Waals surface area contributed by atoms with Crippen molar-refractivity contribution < 1.29 is 14.3 Å². The molecular weight excluding hydrogens is 266 g/mol. The summed E-state index contributed by atoms with van der Waals surface area (Å²) in [4.78, 5) is 23.3. The quantitative estimate of drug-likeness (QED) is 0.863. The summed E-state index contributed by atoms with van der Waals surface area (Å²) >= 11 is 5.83. The summed E-state index contributed by atoms with van der Waals surface area (Å²) in [6.45, 7) is 2.00. The Morgan fingerprint density at radius 1 is 1.42 bits per heavy atom. The molecule has 1 aliphatic heterocycles. The van der Waals surface area contributed by atoms with Gasteiger partial charge in [-0.3, -0.25) is 4.79 Å². The molecule has 0 spiro atoms. The van der Waals surface area contributed by atoms with E-state index in [1.165, 1.54) is 6.08 Å². The fourth-order valence-corrected chi connectivity index (χ4v) is 2.05. The SMILES string of the molecule is CCOC(=O)C1=CC(=O)CC(c2ccc(Cl)cc2)N1. The highest BCUT2D eigenvalue weighted by Crippen LogP contribution is 2.24. The maximum Gasteiger partial charge on any atom is 0.354 e. The van der Waals surface area contributed by atoms with Crippen LogP contribution < -0.4 is 5.32 Å². The third kappa shape index (κ3) is 3.35. The lowest BCUT2D eigenvalue weighted by atomic mass is 9.97. The maximum absolute atomic E-state index is 11.7. The minimum absolute atomic E-state index is 0.0956. The molecule has 1 N–H and O–H groups in total. The third-order valence-electron chi connectivity index (χ3n) is 2.81. The molecule has 1 aromatic rings. The average Bonchev–Trinajstić information content (AvgIpc) is 2.39. The molecule has 0 radical (unpaired) electrons. The Kier molecular flexibility index (Phi) is 4.22. The van der Waals surface area contributed by atoms with Gasteiger partial charge in [0.2, 0.25) is 0 Å². The number of esters is 1. The Bertz CT molecular complexity index is 522. The first-order valence-corrected chi connectivity index (χ1v) is 6.41. The van der Waals surface area contributed by atoms with Gasteiger partial charge in [0.1, 0.15) is 5.70 Å². The van der Waals surface area contributed by atoms with Crippen LogP contribution >= 0.6 is 11.6 Å². The highest BCUT2D eigenvalue weighted by molar-refractivity contribution is 6.30. The molecular formula is C14H14ClNO3. The van der Waals surface area contributed by atoms with Crippen LogP contribution in [0.4, 0.5) is 0 Å². The largest absolute Gasteiger partial charge is 0.461 e. The lowest BCUT2D eigenvalue weighted by molar-refractivity contribution is -0.139. The van der Waals surface area contributed by atoms with E-state index >= 15 is 0 Å². The summed E-state index contributed by atoms with van der Waals surface area (Å²) < 4.78 is 4.89. The van der Waals surface area contributed by atoms with Crippen molar-refractivity contribution in [2.45, 2.75) is 19.4 Å². The second-order valence-corrected chi connectivity index (χ2v) is 4.63. The van der Waals surface area contributed by atoms with Crippen molar-refractivity contribution in [1.82, 2.24) is 5.32 Å². The predicted octanol–water partition coefficient (Wildman–Crippen LogP) is 2.39. The summed E-state index contributed by atoms with van der Waals surface area (Å²) in [6.07, 6.45) is 1.61. The number of benzene rings is 1. The lowest BCUT2D eigenvalue weighted by Crippen LogP contribution is -2.32. The second-order valence-electron chi connectivity index (χ2n) is 4.20. The molecule has 0 saturated carbocycles. The maximum atomic E-state index is 11.7. The van der Waals surface area contributed by atoms with E-state index in [2.05, 4.69) is 5.32 Å². The van der Waals surface area contributed by atoms with Gasteiger partial charge in [-0.25, -0.2) is 4.79 Å². The third-order valence-corrected chi connectivity index (χ3v) is 3.06. The van der Waals surface area contributed by atoms with Crippen LogP contribution in [-0.2, 0) is 14.3 Å². The molecule has 1 unspecified atom stereocenters. The summed E-state index contributed by atoms with van der Waals surface area (Å²) in [5, 5.41) is 3.66. The van der Waals surface area contributed by atoms with E-state index in [0.29, 0.717) is 11.4 Å². The van der Waals surface area contributed by atoms with E-state index in [9.17, 15) is 9.59 Å². The van der Waals surface area contributed by atoms with Gasteiger partial charge in [0.15, 0.2) is 5.78 Å². The van der Waals surface area contributed by atoms with Gasteiger partial charge < -0.3 is 10.1 Å². The zero-order chi connectivity index (χ0) is 13.8. The van der Waals surface area contributed by atoms with Crippen LogP contribution in [0.2, 0.25) is 5.02 Å². The summed E-state index contributed by atoms with van der Waals surface area (Å²) in [5.41, 5.74) is 1.12. The summed E-state index contributed by atoms with van der Waals surface area (Å²) in [7, 11) is 0. The van der Waals surface area contributed by atoms with Crippen LogP contribution in [0.1, 0.15) is 24.9 Å². The zero-order valence-corrected chi connectivity index (χ0v) is 11.2. The van der Waals surface area contributed by atoms with Crippen LogP contribution in [0.5, 0.6) is 0 Å². The standard InChI is InChI=1S/C14H14ClNO3/c1-2-19-14(18)13-8-11(17)7-12(16-13)9-3-5-10(15)6-4-9/h3-6,8,12,16H,2,7H2,1H3. The van der Waals surface area contributed by atoms with Crippen molar-refractivity contribution in [1.29, 1.82) is 0 Å². The van der Waals surface area contributed by atoms with Crippen molar-refractivity contribution in [3.8, 4) is 0 Å². The fourth-order valence-electron chi connectivity index (χ4n) is 1.92. The van der Waals surface area contributed by atoms with Crippen LogP contribution in [-0.4, -0.2) is 18.4 Å². The first-order valence-electron chi connectivity index (χ1n) is 6.04. The van der Waals surface area contributed by atoms with Gasteiger partial charge in [-0.15, -0.1) is 0 Å². The van der Waals surface area contributed by atoms with E-state index in [4.69, 9.17) is 16.3 Å². The molecule has 0 saturated heterocycles. The molecule has 0 fully saturated rings. The fraction of sp³-hybridized carbons (Fsp3) is 0.286. The molecule has 19 heavy (non-hydrogen) atoms. The second kappa shape index (κ2) is 5.89. The van der Waals surface area contributed by atoms with Gasteiger partial charge in [-0.05, 0) is 24.6 Å². The molecule has 0 bridgehead atoms. The number of ketones is 1. The number of nitrogens with one attached hydrogen (secondary N) is 1. The highest BCUT2D eigenvalue weighted by atomic mass is 35.5. The van der Waals surface area contributed by atoms with Crippen molar-refractivity contribution in [2.24, 2.45) is 0 Å². The Balaban J connectivity index is 2.17. The van der Waals surface area contributed by atoms with Gasteiger partial charge >= 0.3 is 5.97 Å². The lowest BCUT2D eigenvalue weighted by Gasteiger charge is -2.24. The van der Waals surface area contributed by atoms with Gasteiger partial charge in [-0.1, -0.05) is 23.7 Å². The summed E-state index contributed by atoms with van der Waals surface area (Å²) in [5.74, 6) is -0.601. The van der Waals surface area contributed by atoms with Gasteiger partial charge in [-0.2, -0.15) is 0 Å². The Morgan fingerprint density at radius 3 is 2.74 bits per heavy atom.